The van der Waals surface area contributed by atoms with Crippen LogP contribution in [0.3, 0.4) is 0 Å². The van der Waals surface area contributed by atoms with Gasteiger partial charge < -0.3 is 13.9 Å². The van der Waals surface area contributed by atoms with Crippen LogP contribution in [0, 0.1) is 0 Å². The van der Waals surface area contributed by atoms with E-state index in [0.29, 0.717) is 17.8 Å². The summed E-state index contributed by atoms with van der Waals surface area (Å²) >= 11 is 0. The molecule has 1 aromatic heterocycles. The molecule has 1 aromatic carbocycles. The van der Waals surface area contributed by atoms with Crippen LogP contribution in [0.4, 0.5) is 0 Å². The second-order valence-electron chi connectivity index (χ2n) is 6.78. The van der Waals surface area contributed by atoms with Gasteiger partial charge in [0.2, 0.25) is 0 Å². The Hall–Kier alpha value is -2.49. The van der Waals surface area contributed by atoms with Crippen molar-refractivity contribution in [2.75, 3.05) is 7.11 Å². The standard InChI is InChI=1S/C20H22O4/c1-12(2)6-7-14-17(22-5)13-8-9-16(21)23-18(13)15-10-11-20(3,4)24-19(14)15/h6,8-11H,7H2,1-5H3. The maximum atomic E-state index is 11.7. The zero-order valence-corrected chi connectivity index (χ0v) is 14.7. The molecule has 0 spiro atoms. The van der Waals surface area contributed by atoms with Gasteiger partial charge in [-0.05, 0) is 52.3 Å². The fourth-order valence-electron chi connectivity index (χ4n) is 2.90. The molecule has 4 heteroatoms. The van der Waals surface area contributed by atoms with Gasteiger partial charge in [-0.25, -0.2) is 4.79 Å². The first-order chi connectivity index (χ1) is 11.3. The van der Waals surface area contributed by atoms with Crippen LogP contribution < -0.4 is 15.1 Å². The molecule has 0 unspecified atom stereocenters. The first-order valence-corrected chi connectivity index (χ1v) is 8.00. The van der Waals surface area contributed by atoms with Gasteiger partial charge in [-0.3, -0.25) is 0 Å². The number of fused-ring (bicyclic) bond motifs is 3. The van der Waals surface area contributed by atoms with Crippen LogP contribution >= 0.6 is 0 Å². The largest absolute Gasteiger partial charge is 0.496 e. The predicted octanol–water partition coefficient (Wildman–Crippen LogP) is 4.49. The van der Waals surface area contributed by atoms with E-state index in [2.05, 4.69) is 19.9 Å². The van der Waals surface area contributed by atoms with Gasteiger partial charge in [0.25, 0.3) is 0 Å². The van der Waals surface area contributed by atoms with Crippen molar-refractivity contribution in [3.8, 4) is 11.5 Å². The van der Waals surface area contributed by atoms with Gasteiger partial charge in [-0.1, -0.05) is 11.6 Å². The average molecular weight is 326 g/mol. The fourth-order valence-corrected chi connectivity index (χ4v) is 2.90. The molecule has 4 nitrogen and oxygen atoms in total. The molecule has 0 saturated heterocycles. The Labute approximate surface area is 141 Å². The number of allylic oxidation sites excluding steroid dienone is 2. The summed E-state index contributed by atoms with van der Waals surface area (Å²) in [5, 5.41) is 0.779. The monoisotopic (exact) mass is 326 g/mol. The Morgan fingerprint density at radius 1 is 1.29 bits per heavy atom. The van der Waals surface area contributed by atoms with Gasteiger partial charge in [0.15, 0.2) is 5.58 Å². The van der Waals surface area contributed by atoms with Gasteiger partial charge in [0, 0.05) is 11.6 Å². The zero-order valence-electron chi connectivity index (χ0n) is 14.7. The lowest BCUT2D eigenvalue weighted by molar-refractivity contribution is 0.157. The lowest BCUT2D eigenvalue weighted by Crippen LogP contribution is -2.28. The molecule has 0 amide bonds. The molecule has 126 valence electrons. The highest BCUT2D eigenvalue weighted by Gasteiger charge is 2.29. The summed E-state index contributed by atoms with van der Waals surface area (Å²) in [5.74, 6) is 1.41. The molecular weight excluding hydrogens is 304 g/mol. The zero-order chi connectivity index (χ0) is 17.5. The molecule has 3 rings (SSSR count). The third kappa shape index (κ3) is 2.84. The van der Waals surface area contributed by atoms with E-state index in [-0.39, 0.29) is 5.63 Å². The smallest absolute Gasteiger partial charge is 0.336 e. The number of benzene rings is 1. The van der Waals surface area contributed by atoms with Crippen molar-refractivity contribution in [3.63, 3.8) is 0 Å². The maximum Gasteiger partial charge on any atom is 0.336 e. The van der Waals surface area contributed by atoms with E-state index in [4.69, 9.17) is 13.9 Å². The van der Waals surface area contributed by atoms with Crippen molar-refractivity contribution < 1.29 is 13.9 Å². The first kappa shape index (κ1) is 16.4. The minimum atomic E-state index is -0.430. The Bertz CT molecular complexity index is 909. The summed E-state index contributed by atoms with van der Waals surface area (Å²) in [5.41, 5.74) is 2.66. The van der Waals surface area contributed by atoms with Crippen LogP contribution in [-0.4, -0.2) is 12.7 Å². The normalized spacial score (nSPS) is 14.9. The lowest BCUT2D eigenvalue weighted by atomic mass is 9.95. The van der Waals surface area contributed by atoms with Crippen LogP contribution in [-0.2, 0) is 6.42 Å². The Kier molecular flexibility index (Phi) is 3.99. The lowest BCUT2D eigenvalue weighted by Gasteiger charge is -2.30. The van der Waals surface area contributed by atoms with Crippen LogP contribution in [0.15, 0.2) is 39.1 Å². The molecule has 0 radical (unpaired) electrons. The van der Waals surface area contributed by atoms with Crippen molar-refractivity contribution in [3.05, 3.63) is 51.4 Å². The molecule has 24 heavy (non-hydrogen) atoms. The SMILES string of the molecule is COc1c(CC=C(C)C)c2c(c3oc(=O)ccc13)C=CC(C)(C)O2. The molecule has 0 saturated carbocycles. The van der Waals surface area contributed by atoms with E-state index in [1.54, 1.807) is 13.2 Å². The number of hydrogen-bond donors (Lipinski definition) is 0. The van der Waals surface area contributed by atoms with Gasteiger partial charge in [-0.15, -0.1) is 0 Å². The summed E-state index contributed by atoms with van der Waals surface area (Å²) in [4.78, 5) is 11.7. The highest BCUT2D eigenvalue weighted by atomic mass is 16.5. The molecule has 0 atom stereocenters. The van der Waals surface area contributed by atoms with E-state index >= 15 is 0 Å². The summed E-state index contributed by atoms with van der Waals surface area (Å²) in [7, 11) is 1.63. The van der Waals surface area contributed by atoms with Gasteiger partial charge in [0.1, 0.15) is 17.1 Å². The van der Waals surface area contributed by atoms with Crippen molar-refractivity contribution in [1.29, 1.82) is 0 Å². The molecule has 1 aliphatic rings. The minimum Gasteiger partial charge on any atom is -0.496 e. The van der Waals surface area contributed by atoms with E-state index in [9.17, 15) is 4.79 Å². The van der Waals surface area contributed by atoms with Gasteiger partial charge in [-0.2, -0.15) is 0 Å². The predicted molar refractivity (Wildman–Crippen MR) is 95.9 cm³/mol. The quantitative estimate of drug-likeness (QED) is 0.616. The van der Waals surface area contributed by atoms with Crippen LogP contribution in [0.1, 0.15) is 38.8 Å². The average Bonchev–Trinajstić information content (AvgIpc) is 2.51. The second-order valence-corrected chi connectivity index (χ2v) is 6.78. The van der Waals surface area contributed by atoms with E-state index in [1.165, 1.54) is 11.6 Å². The summed E-state index contributed by atoms with van der Waals surface area (Å²) in [6.07, 6.45) is 6.76. The maximum absolute atomic E-state index is 11.7. The highest BCUT2D eigenvalue weighted by molar-refractivity contribution is 5.95. The van der Waals surface area contributed by atoms with Crippen molar-refractivity contribution >= 4 is 17.0 Å². The van der Waals surface area contributed by atoms with Crippen LogP contribution in [0.2, 0.25) is 0 Å². The topological polar surface area (TPSA) is 48.7 Å². The number of hydrogen-bond acceptors (Lipinski definition) is 4. The third-order valence-corrected chi connectivity index (χ3v) is 4.05. The van der Waals surface area contributed by atoms with E-state index in [1.807, 2.05) is 26.0 Å². The highest BCUT2D eigenvalue weighted by Crippen LogP contribution is 2.45. The molecule has 1 aliphatic heterocycles. The molecule has 0 N–H and O–H groups in total. The molecule has 0 aliphatic carbocycles. The molecule has 0 bridgehead atoms. The molecular formula is C20H22O4. The van der Waals surface area contributed by atoms with E-state index in [0.717, 1.165) is 22.3 Å². The van der Waals surface area contributed by atoms with Crippen LogP contribution in [0.25, 0.3) is 17.0 Å². The number of methoxy groups -OCH3 is 1. The molecule has 2 aromatic rings. The number of ether oxygens (including phenoxy) is 2. The molecule has 2 heterocycles. The van der Waals surface area contributed by atoms with Crippen molar-refractivity contribution in [2.24, 2.45) is 0 Å². The summed E-state index contributed by atoms with van der Waals surface area (Å²) in [6, 6.07) is 3.17. The molecule has 0 fully saturated rings. The van der Waals surface area contributed by atoms with Crippen molar-refractivity contribution in [2.45, 2.75) is 39.7 Å². The second kappa shape index (κ2) is 5.86. The van der Waals surface area contributed by atoms with Crippen molar-refractivity contribution in [1.82, 2.24) is 0 Å². The minimum absolute atomic E-state index is 0.387. The summed E-state index contributed by atoms with van der Waals surface area (Å²) in [6.45, 7) is 8.11. The van der Waals surface area contributed by atoms with Gasteiger partial charge in [0.05, 0.1) is 18.1 Å². The van der Waals surface area contributed by atoms with Crippen LogP contribution in [0.5, 0.6) is 11.5 Å². The summed E-state index contributed by atoms with van der Waals surface area (Å²) < 4.78 is 17.4. The number of rotatable bonds is 3. The van der Waals surface area contributed by atoms with E-state index < -0.39 is 5.60 Å². The Morgan fingerprint density at radius 3 is 2.71 bits per heavy atom. The third-order valence-electron chi connectivity index (χ3n) is 4.05. The first-order valence-electron chi connectivity index (χ1n) is 8.00. The Morgan fingerprint density at radius 2 is 2.04 bits per heavy atom. The fraction of sp³-hybridized carbons (Fsp3) is 0.350. The van der Waals surface area contributed by atoms with Gasteiger partial charge >= 0.3 is 5.63 Å². The Balaban J connectivity index is 2.40.